The van der Waals surface area contributed by atoms with Gasteiger partial charge in [-0.25, -0.2) is 0 Å². The molecule has 0 amide bonds. The van der Waals surface area contributed by atoms with Crippen LogP contribution in [0.25, 0.3) is 0 Å². The summed E-state index contributed by atoms with van der Waals surface area (Å²) in [6.45, 7) is 1.35. The van der Waals surface area contributed by atoms with Crippen molar-refractivity contribution >= 4 is 34.2 Å². The average molecular weight is 263 g/mol. The van der Waals surface area contributed by atoms with Gasteiger partial charge in [0.25, 0.3) is 0 Å². The van der Waals surface area contributed by atoms with Crippen molar-refractivity contribution in [2.45, 2.75) is 4.34 Å². The predicted octanol–water partition coefficient (Wildman–Crippen LogP) is 0.797. The van der Waals surface area contributed by atoms with Gasteiger partial charge in [0.05, 0.1) is 12.4 Å². The molecule has 1 N–H and O–H groups in total. The number of methoxy groups -OCH3 is 1. The van der Waals surface area contributed by atoms with Crippen LogP contribution in [0.1, 0.15) is 0 Å². The summed E-state index contributed by atoms with van der Waals surface area (Å²) in [7, 11) is 3.53. The highest BCUT2D eigenvalue weighted by Crippen LogP contribution is 2.26. The molecule has 0 fully saturated rings. The molecule has 0 aromatic carbocycles. The predicted molar refractivity (Wildman–Crippen MR) is 63.4 cm³/mol. The van der Waals surface area contributed by atoms with Crippen molar-refractivity contribution in [3.63, 3.8) is 0 Å². The van der Waals surface area contributed by atoms with Gasteiger partial charge in [-0.2, -0.15) is 0 Å². The number of carboxylic acids is 1. The van der Waals surface area contributed by atoms with Crippen molar-refractivity contribution in [2.24, 2.45) is 0 Å². The molecule has 1 rings (SSSR count). The third kappa shape index (κ3) is 4.33. The number of anilines is 1. The fourth-order valence-electron chi connectivity index (χ4n) is 0.862. The lowest BCUT2D eigenvalue weighted by atomic mass is 10.6. The molecule has 1 heterocycles. The van der Waals surface area contributed by atoms with E-state index in [-0.39, 0.29) is 5.75 Å². The molecule has 6 nitrogen and oxygen atoms in total. The van der Waals surface area contributed by atoms with Crippen molar-refractivity contribution in [3.8, 4) is 0 Å². The number of carbonyl (C=O) groups is 1. The van der Waals surface area contributed by atoms with Gasteiger partial charge in [0, 0.05) is 20.7 Å². The molecule has 0 aliphatic carbocycles. The van der Waals surface area contributed by atoms with Gasteiger partial charge >= 0.3 is 5.97 Å². The van der Waals surface area contributed by atoms with Crippen LogP contribution >= 0.6 is 23.1 Å². The summed E-state index contributed by atoms with van der Waals surface area (Å²) < 4.78 is 5.62. The lowest BCUT2D eigenvalue weighted by Crippen LogP contribution is -2.21. The van der Waals surface area contributed by atoms with Gasteiger partial charge in [0.2, 0.25) is 5.13 Å². The standard InChI is InChI=1S/C8H13N3O3S2/c1-11(3-4-14-2)7-9-10-8(16-7)15-5-6(12)13/h3-5H2,1-2H3,(H,12,13). The molecule has 16 heavy (non-hydrogen) atoms. The lowest BCUT2D eigenvalue weighted by molar-refractivity contribution is -0.133. The molecule has 90 valence electrons. The highest BCUT2D eigenvalue weighted by atomic mass is 32.2. The van der Waals surface area contributed by atoms with Gasteiger partial charge in [0.15, 0.2) is 4.34 Å². The van der Waals surface area contributed by atoms with E-state index in [2.05, 4.69) is 10.2 Å². The Morgan fingerprint density at radius 3 is 3.00 bits per heavy atom. The number of nitrogens with zero attached hydrogens (tertiary/aromatic N) is 3. The molecule has 0 saturated carbocycles. The summed E-state index contributed by atoms with van der Waals surface area (Å²) in [5.74, 6) is -0.842. The molecule has 0 atom stereocenters. The van der Waals surface area contributed by atoms with Crippen LogP contribution in [-0.4, -0.2) is 54.3 Å². The molecule has 8 heteroatoms. The third-order valence-corrected chi connectivity index (χ3v) is 3.83. The number of likely N-dealkylation sites (N-methyl/N-ethyl adjacent to an activating group) is 1. The second-order valence-electron chi connectivity index (χ2n) is 2.95. The smallest absolute Gasteiger partial charge is 0.313 e. The van der Waals surface area contributed by atoms with E-state index < -0.39 is 5.97 Å². The van der Waals surface area contributed by atoms with E-state index in [0.29, 0.717) is 10.9 Å². The molecular formula is C8H13N3O3S2. The summed E-state index contributed by atoms with van der Waals surface area (Å²) >= 11 is 2.56. The minimum atomic E-state index is -0.852. The fraction of sp³-hybridized carbons (Fsp3) is 0.625. The zero-order chi connectivity index (χ0) is 12.0. The first-order valence-electron chi connectivity index (χ1n) is 4.51. The number of hydrogen-bond acceptors (Lipinski definition) is 7. The van der Waals surface area contributed by atoms with Crippen molar-refractivity contribution < 1.29 is 14.6 Å². The van der Waals surface area contributed by atoms with E-state index in [4.69, 9.17) is 9.84 Å². The first-order valence-corrected chi connectivity index (χ1v) is 6.32. The minimum absolute atomic E-state index is 0.0103. The Hall–Kier alpha value is -0.860. The second-order valence-corrected chi connectivity index (χ2v) is 5.13. The topological polar surface area (TPSA) is 75.5 Å². The number of carboxylic acid groups (broad SMARTS) is 1. The summed E-state index contributed by atoms with van der Waals surface area (Å²) in [4.78, 5) is 12.3. The zero-order valence-electron chi connectivity index (χ0n) is 9.04. The summed E-state index contributed by atoms with van der Waals surface area (Å²) in [6.07, 6.45) is 0. The first-order chi connectivity index (χ1) is 7.63. The minimum Gasteiger partial charge on any atom is -0.481 e. The molecule has 0 aliphatic rings. The number of rotatable bonds is 7. The molecule has 0 saturated heterocycles. The Bertz CT molecular complexity index is 345. The molecule has 0 spiro atoms. The Labute approximate surface area is 102 Å². The number of hydrogen-bond donors (Lipinski definition) is 1. The van der Waals surface area contributed by atoms with Crippen LogP contribution in [0.5, 0.6) is 0 Å². The molecule has 0 unspecified atom stereocenters. The van der Waals surface area contributed by atoms with Crippen LogP contribution in [-0.2, 0) is 9.53 Å². The monoisotopic (exact) mass is 263 g/mol. The van der Waals surface area contributed by atoms with E-state index >= 15 is 0 Å². The maximum absolute atomic E-state index is 10.4. The lowest BCUT2D eigenvalue weighted by Gasteiger charge is -2.13. The number of aromatic nitrogens is 2. The summed E-state index contributed by atoms with van der Waals surface area (Å²) in [6, 6.07) is 0. The first kappa shape index (κ1) is 13.2. The van der Waals surface area contributed by atoms with E-state index in [1.165, 1.54) is 23.1 Å². The van der Waals surface area contributed by atoms with Crippen molar-refractivity contribution in [2.75, 3.05) is 38.0 Å². The fourth-order valence-corrected chi connectivity index (χ4v) is 2.41. The van der Waals surface area contributed by atoms with Gasteiger partial charge in [0.1, 0.15) is 0 Å². The van der Waals surface area contributed by atoms with Gasteiger partial charge in [-0.15, -0.1) is 10.2 Å². The molecule has 0 bridgehead atoms. The highest BCUT2D eigenvalue weighted by molar-refractivity contribution is 8.01. The van der Waals surface area contributed by atoms with Crippen LogP contribution in [0.15, 0.2) is 4.34 Å². The molecule has 1 aromatic rings. The van der Waals surface area contributed by atoms with Gasteiger partial charge < -0.3 is 14.7 Å². The molecular weight excluding hydrogens is 250 g/mol. The Morgan fingerprint density at radius 1 is 1.62 bits per heavy atom. The van der Waals surface area contributed by atoms with Gasteiger partial charge in [-0.05, 0) is 0 Å². The zero-order valence-corrected chi connectivity index (χ0v) is 10.7. The maximum atomic E-state index is 10.4. The van der Waals surface area contributed by atoms with Crippen molar-refractivity contribution in [3.05, 3.63) is 0 Å². The SMILES string of the molecule is COCCN(C)c1nnc(SCC(=O)O)s1. The van der Waals surface area contributed by atoms with Gasteiger partial charge in [-0.1, -0.05) is 23.1 Å². The second kappa shape index (κ2) is 6.66. The van der Waals surface area contributed by atoms with E-state index in [1.54, 1.807) is 7.11 Å². The average Bonchev–Trinajstić information content (AvgIpc) is 2.71. The van der Waals surface area contributed by atoms with Crippen LogP contribution in [0.3, 0.4) is 0 Å². The quantitative estimate of drug-likeness (QED) is 0.729. The summed E-state index contributed by atoms with van der Waals surface area (Å²) in [5.41, 5.74) is 0. The Kier molecular flexibility index (Phi) is 5.50. The van der Waals surface area contributed by atoms with E-state index in [9.17, 15) is 4.79 Å². The molecule has 0 aliphatic heterocycles. The molecule has 0 radical (unpaired) electrons. The number of ether oxygens (including phenoxy) is 1. The van der Waals surface area contributed by atoms with Gasteiger partial charge in [-0.3, -0.25) is 4.79 Å². The van der Waals surface area contributed by atoms with Crippen LogP contribution in [0.4, 0.5) is 5.13 Å². The largest absolute Gasteiger partial charge is 0.481 e. The van der Waals surface area contributed by atoms with Crippen molar-refractivity contribution in [1.82, 2.24) is 10.2 Å². The molecule has 1 aromatic heterocycles. The normalized spacial score (nSPS) is 10.4. The summed E-state index contributed by atoms with van der Waals surface area (Å²) in [5, 5.41) is 17.2. The van der Waals surface area contributed by atoms with Crippen molar-refractivity contribution in [1.29, 1.82) is 0 Å². The number of thioether (sulfide) groups is 1. The maximum Gasteiger partial charge on any atom is 0.313 e. The van der Waals surface area contributed by atoms with E-state index in [0.717, 1.165) is 11.7 Å². The van der Waals surface area contributed by atoms with Crippen LogP contribution in [0.2, 0.25) is 0 Å². The number of aliphatic carboxylic acids is 1. The van der Waals surface area contributed by atoms with E-state index in [1.807, 2.05) is 11.9 Å². The Morgan fingerprint density at radius 2 is 2.38 bits per heavy atom. The van der Waals surface area contributed by atoms with Crippen LogP contribution in [0, 0.1) is 0 Å². The Balaban J connectivity index is 2.46. The highest BCUT2D eigenvalue weighted by Gasteiger charge is 2.10. The van der Waals surface area contributed by atoms with Crippen LogP contribution < -0.4 is 4.90 Å². The third-order valence-electron chi connectivity index (χ3n) is 1.67.